The Hall–Kier alpha value is -1.26. The predicted molar refractivity (Wildman–Crippen MR) is 79.0 cm³/mol. The summed E-state index contributed by atoms with van der Waals surface area (Å²) in [6, 6.07) is 4.97. The average molecular weight is 279 g/mol. The lowest BCUT2D eigenvalue weighted by Crippen LogP contribution is -2.41. The number of phenolic OH excluding ortho intramolecular Hbond substituents is 2. The number of ether oxygens (including phenoxy) is 1. The van der Waals surface area contributed by atoms with Gasteiger partial charge in [-0.05, 0) is 50.4 Å². The second-order valence-electron chi connectivity index (χ2n) is 5.59. The second kappa shape index (κ2) is 6.95. The van der Waals surface area contributed by atoms with Crippen LogP contribution in [0.3, 0.4) is 0 Å². The number of benzene rings is 1. The standard InChI is InChI=1S/C16H25NO3/c1-3-7-20-16-5-4-6-17(11-16)12(2)13-8-14(18)10-15(19)9-13/h8-10,12,16,18-19H,3-7,11H2,1-2H3. The SMILES string of the molecule is CCCOC1CCCN(C(C)c2cc(O)cc(O)c2)C1. The van der Waals surface area contributed by atoms with Gasteiger partial charge in [-0.25, -0.2) is 0 Å². The highest BCUT2D eigenvalue weighted by molar-refractivity contribution is 5.38. The Morgan fingerprint density at radius 2 is 2.00 bits per heavy atom. The molecular weight excluding hydrogens is 254 g/mol. The Balaban J connectivity index is 2.02. The molecule has 112 valence electrons. The Kier molecular flexibility index (Phi) is 5.26. The summed E-state index contributed by atoms with van der Waals surface area (Å²) < 4.78 is 5.86. The van der Waals surface area contributed by atoms with Gasteiger partial charge in [-0.1, -0.05) is 6.92 Å². The Labute approximate surface area is 121 Å². The maximum absolute atomic E-state index is 9.61. The first-order chi connectivity index (χ1) is 9.60. The summed E-state index contributed by atoms with van der Waals surface area (Å²) in [4.78, 5) is 2.36. The highest BCUT2D eigenvalue weighted by Crippen LogP contribution is 2.30. The van der Waals surface area contributed by atoms with Gasteiger partial charge in [0.2, 0.25) is 0 Å². The van der Waals surface area contributed by atoms with Crippen molar-refractivity contribution < 1.29 is 14.9 Å². The molecule has 2 rings (SSSR count). The minimum Gasteiger partial charge on any atom is -0.508 e. The van der Waals surface area contributed by atoms with Gasteiger partial charge in [0, 0.05) is 25.3 Å². The molecule has 0 spiro atoms. The molecule has 1 aliphatic heterocycles. The van der Waals surface area contributed by atoms with Crippen molar-refractivity contribution >= 4 is 0 Å². The molecular formula is C16H25NO3. The van der Waals surface area contributed by atoms with Crippen LogP contribution in [-0.2, 0) is 4.74 Å². The lowest BCUT2D eigenvalue weighted by molar-refractivity contribution is -0.0107. The van der Waals surface area contributed by atoms with Gasteiger partial charge in [-0.3, -0.25) is 4.90 Å². The Bertz CT molecular complexity index is 415. The van der Waals surface area contributed by atoms with Gasteiger partial charge in [0.15, 0.2) is 0 Å². The number of rotatable bonds is 5. The number of hydrogen-bond donors (Lipinski definition) is 2. The number of likely N-dealkylation sites (tertiary alicyclic amines) is 1. The summed E-state index contributed by atoms with van der Waals surface area (Å²) in [6.07, 6.45) is 3.60. The van der Waals surface area contributed by atoms with Gasteiger partial charge in [0.1, 0.15) is 11.5 Å². The van der Waals surface area contributed by atoms with Crippen LogP contribution < -0.4 is 0 Å². The van der Waals surface area contributed by atoms with Crippen molar-refractivity contribution in [3.8, 4) is 11.5 Å². The van der Waals surface area contributed by atoms with Gasteiger partial charge in [-0.15, -0.1) is 0 Å². The first-order valence-electron chi connectivity index (χ1n) is 7.48. The van der Waals surface area contributed by atoms with Gasteiger partial charge < -0.3 is 14.9 Å². The van der Waals surface area contributed by atoms with Crippen LogP contribution in [0.2, 0.25) is 0 Å². The first kappa shape index (κ1) is 15.1. The molecule has 4 heteroatoms. The van der Waals surface area contributed by atoms with E-state index >= 15 is 0 Å². The third kappa shape index (κ3) is 3.87. The lowest BCUT2D eigenvalue weighted by atomic mass is 10.0. The van der Waals surface area contributed by atoms with Crippen molar-refractivity contribution in [2.45, 2.75) is 45.3 Å². The fraction of sp³-hybridized carbons (Fsp3) is 0.625. The topological polar surface area (TPSA) is 52.9 Å². The van der Waals surface area contributed by atoms with E-state index in [1.54, 1.807) is 12.1 Å². The Morgan fingerprint density at radius 1 is 1.30 bits per heavy atom. The maximum Gasteiger partial charge on any atom is 0.119 e. The molecule has 2 N–H and O–H groups in total. The Morgan fingerprint density at radius 3 is 2.65 bits per heavy atom. The number of piperidine rings is 1. The molecule has 1 saturated heterocycles. The molecule has 0 aromatic heterocycles. The quantitative estimate of drug-likeness (QED) is 0.870. The molecule has 1 aromatic rings. The minimum absolute atomic E-state index is 0.114. The van der Waals surface area contributed by atoms with Gasteiger partial charge >= 0.3 is 0 Å². The van der Waals surface area contributed by atoms with E-state index in [1.807, 2.05) is 0 Å². The summed E-state index contributed by atoms with van der Waals surface area (Å²) in [7, 11) is 0. The van der Waals surface area contributed by atoms with Gasteiger partial charge in [0.05, 0.1) is 6.10 Å². The van der Waals surface area contributed by atoms with Crippen molar-refractivity contribution in [2.75, 3.05) is 19.7 Å². The molecule has 0 saturated carbocycles. The summed E-state index contributed by atoms with van der Waals surface area (Å²) >= 11 is 0. The summed E-state index contributed by atoms with van der Waals surface area (Å²) in [6.45, 7) is 7.00. The first-order valence-corrected chi connectivity index (χ1v) is 7.48. The lowest BCUT2D eigenvalue weighted by Gasteiger charge is -2.37. The van der Waals surface area contributed by atoms with Gasteiger partial charge in [0.25, 0.3) is 0 Å². The zero-order valence-corrected chi connectivity index (χ0v) is 12.4. The molecule has 0 aliphatic carbocycles. The smallest absolute Gasteiger partial charge is 0.119 e. The molecule has 2 atom stereocenters. The van der Waals surface area contributed by atoms with E-state index in [1.165, 1.54) is 6.07 Å². The monoisotopic (exact) mass is 279 g/mol. The van der Waals surface area contributed by atoms with E-state index in [-0.39, 0.29) is 17.5 Å². The fourth-order valence-electron chi connectivity index (χ4n) is 2.81. The zero-order valence-electron chi connectivity index (χ0n) is 12.4. The summed E-state index contributed by atoms with van der Waals surface area (Å²) in [5.74, 6) is 0.227. The summed E-state index contributed by atoms with van der Waals surface area (Å²) in [5.41, 5.74) is 0.943. The van der Waals surface area contributed by atoms with Crippen LogP contribution in [0.25, 0.3) is 0 Å². The van der Waals surface area contributed by atoms with Crippen molar-refractivity contribution in [1.82, 2.24) is 4.90 Å². The van der Waals surface area contributed by atoms with E-state index in [4.69, 9.17) is 4.74 Å². The number of nitrogens with zero attached hydrogens (tertiary/aromatic N) is 1. The van der Waals surface area contributed by atoms with Crippen molar-refractivity contribution in [3.63, 3.8) is 0 Å². The molecule has 0 bridgehead atoms. The van der Waals surface area contributed by atoms with Crippen LogP contribution in [0, 0.1) is 0 Å². The molecule has 1 aromatic carbocycles. The third-order valence-corrected chi connectivity index (χ3v) is 3.92. The minimum atomic E-state index is 0.114. The van der Waals surface area contributed by atoms with E-state index < -0.39 is 0 Å². The van der Waals surface area contributed by atoms with E-state index in [9.17, 15) is 10.2 Å². The molecule has 1 heterocycles. The number of phenols is 2. The fourth-order valence-corrected chi connectivity index (χ4v) is 2.81. The highest BCUT2D eigenvalue weighted by atomic mass is 16.5. The molecule has 1 aliphatic rings. The van der Waals surface area contributed by atoms with Crippen LogP contribution in [0.1, 0.15) is 44.7 Å². The van der Waals surface area contributed by atoms with Crippen LogP contribution in [-0.4, -0.2) is 40.9 Å². The second-order valence-corrected chi connectivity index (χ2v) is 5.59. The van der Waals surface area contributed by atoms with Crippen molar-refractivity contribution in [1.29, 1.82) is 0 Å². The van der Waals surface area contributed by atoms with Crippen LogP contribution in [0.4, 0.5) is 0 Å². The number of aromatic hydroxyl groups is 2. The molecule has 0 radical (unpaired) electrons. The third-order valence-electron chi connectivity index (χ3n) is 3.92. The van der Waals surface area contributed by atoms with E-state index in [0.717, 1.165) is 44.5 Å². The van der Waals surface area contributed by atoms with Crippen molar-refractivity contribution in [2.24, 2.45) is 0 Å². The summed E-state index contributed by atoms with van der Waals surface area (Å²) in [5, 5.41) is 19.2. The molecule has 2 unspecified atom stereocenters. The van der Waals surface area contributed by atoms with Gasteiger partial charge in [-0.2, -0.15) is 0 Å². The zero-order chi connectivity index (χ0) is 14.5. The molecule has 20 heavy (non-hydrogen) atoms. The maximum atomic E-state index is 9.61. The van der Waals surface area contributed by atoms with E-state index in [2.05, 4.69) is 18.7 Å². The molecule has 1 fully saturated rings. The van der Waals surface area contributed by atoms with Crippen molar-refractivity contribution in [3.05, 3.63) is 23.8 Å². The largest absolute Gasteiger partial charge is 0.508 e. The molecule has 4 nitrogen and oxygen atoms in total. The normalized spacial score (nSPS) is 21.8. The number of hydrogen-bond acceptors (Lipinski definition) is 4. The van der Waals surface area contributed by atoms with Crippen LogP contribution in [0.15, 0.2) is 18.2 Å². The van der Waals surface area contributed by atoms with Crippen LogP contribution in [0.5, 0.6) is 11.5 Å². The highest BCUT2D eigenvalue weighted by Gasteiger charge is 2.25. The molecule has 0 amide bonds. The predicted octanol–water partition coefficient (Wildman–Crippen LogP) is 3.05. The van der Waals surface area contributed by atoms with Crippen LogP contribution >= 0.6 is 0 Å². The average Bonchev–Trinajstić information content (AvgIpc) is 2.43. The van der Waals surface area contributed by atoms with E-state index in [0.29, 0.717) is 6.10 Å².